The Morgan fingerprint density at radius 3 is 1.95 bits per heavy atom. The van der Waals surface area contributed by atoms with Crippen molar-refractivity contribution >= 4 is 61.1 Å². The van der Waals surface area contributed by atoms with E-state index in [1.807, 2.05) is 24.2 Å². The molecule has 0 fully saturated rings. The van der Waals surface area contributed by atoms with Crippen LogP contribution in [0.5, 0.6) is 0 Å². The number of para-hydroxylation sites is 2. The van der Waals surface area contributed by atoms with Crippen LogP contribution in [-0.2, 0) is 0 Å². The van der Waals surface area contributed by atoms with Crippen molar-refractivity contribution in [3.63, 3.8) is 0 Å². The number of pyridine rings is 1. The van der Waals surface area contributed by atoms with E-state index >= 15 is 0 Å². The van der Waals surface area contributed by atoms with E-state index in [0.717, 1.165) is 5.39 Å². The molecule has 1 aromatic heterocycles. The van der Waals surface area contributed by atoms with E-state index in [1.54, 1.807) is 0 Å². The largest absolute Gasteiger partial charge is 0.307 e. The highest BCUT2D eigenvalue weighted by Gasteiger charge is 2.28. The first-order valence-corrected chi connectivity index (χ1v) is 13.6. The van der Waals surface area contributed by atoms with Gasteiger partial charge in [0.1, 0.15) is 0 Å². The Kier molecular flexibility index (Phi) is 4.79. The van der Waals surface area contributed by atoms with Gasteiger partial charge in [-0.05, 0) is 69.1 Å². The Balaban J connectivity index is 1.51. The molecule has 0 radical (unpaired) electrons. The van der Waals surface area contributed by atoms with Crippen LogP contribution >= 0.6 is 11.8 Å². The average Bonchev–Trinajstić information content (AvgIpc) is 2.98. The van der Waals surface area contributed by atoms with Crippen LogP contribution in [-0.4, -0.2) is 4.98 Å². The number of hydrogen-bond acceptors (Lipinski definition) is 3. The minimum atomic E-state index is 1.14. The Morgan fingerprint density at radius 2 is 1.16 bits per heavy atom. The second-order valence-electron chi connectivity index (χ2n) is 9.63. The Hall–Kier alpha value is -4.60. The first kappa shape index (κ1) is 21.5. The van der Waals surface area contributed by atoms with E-state index in [-0.39, 0.29) is 0 Å². The van der Waals surface area contributed by atoms with E-state index in [1.165, 1.54) is 64.9 Å². The van der Waals surface area contributed by atoms with Crippen LogP contribution in [0.3, 0.4) is 0 Å². The summed E-state index contributed by atoms with van der Waals surface area (Å²) >= 11 is 1.84. The van der Waals surface area contributed by atoms with Gasteiger partial charge in [0.05, 0.1) is 17.1 Å². The molecule has 38 heavy (non-hydrogen) atoms. The number of aromatic nitrogens is 1. The maximum Gasteiger partial charge on any atom is 0.0635 e. The molecule has 1 aliphatic rings. The number of hydrogen-bond donors (Lipinski definition) is 0. The van der Waals surface area contributed by atoms with E-state index in [4.69, 9.17) is 0 Å². The molecule has 0 atom stereocenters. The minimum absolute atomic E-state index is 1.14. The van der Waals surface area contributed by atoms with Crippen molar-refractivity contribution in [1.82, 2.24) is 4.98 Å². The highest BCUT2D eigenvalue weighted by atomic mass is 32.2. The fourth-order valence-electron chi connectivity index (χ4n) is 5.84. The normalized spacial score (nSPS) is 12.6. The van der Waals surface area contributed by atoms with Gasteiger partial charge in [-0.15, -0.1) is 0 Å². The van der Waals surface area contributed by atoms with Gasteiger partial charge in [0.15, 0.2) is 0 Å². The van der Waals surface area contributed by atoms with E-state index in [2.05, 4.69) is 131 Å². The molecular formula is C35H22N2S. The first-order valence-electron chi connectivity index (χ1n) is 12.8. The van der Waals surface area contributed by atoms with Gasteiger partial charge in [-0.25, -0.2) is 0 Å². The van der Waals surface area contributed by atoms with Crippen molar-refractivity contribution in [2.24, 2.45) is 0 Å². The molecule has 7 aromatic rings. The van der Waals surface area contributed by atoms with Crippen LogP contribution in [0.2, 0.25) is 0 Å². The molecule has 8 rings (SSSR count). The molecule has 3 heteroatoms. The van der Waals surface area contributed by atoms with Crippen molar-refractivity contribution in [2.75, 3.05) is 4.90 Å². The molecule has 2 heterocycles. The lowest BCUT2D eigenvalue weighted by atomic mass is 9.90. The lowest BCUT2D eigenvalue weighted by Gasteiger charge is -2.34. The fourth-order valence-corrected chi connectivity index (χ4v) is 6.90. The van der Waals surface area contributed by atoms with Gasteiger partial charge in [-0.3, -0.25) is 4.98 Å². The minimum Gasteiger partial charge on any atom is -0.307 e. The second-order valence-corrected chi connectivity index (χ2v) is 10.7. The highest BCUT2D eigenvalue weighted by molar-refractivity contribution is 7.99. The summed E-state index contributed by atoms with van der Waals surface area (Å²) in [5.41, 5.74) is 6.04. The van der Waals surface area contributed by atoms with Gasteiger partial charge in [0.2, 0.25) is 0 Å². The van der Waals surface area contributed by atoms with Crippen LogP contribution in [0.4, 0.5) is 17.1 Å². The quantitative estimate of drug-likeness (QED) is 0.219. The summed E-state index contributed by atoms with van der Waals surface area (Å²) in [5.74, 6) is 0. The van der Waals surface area contributed by atoms with E-state index in [0.29, 0.717) is 0 Å². The summed E-state index contributed by atoms with van der Waals surface area (Å²) in [6.07, 6.45) is 3.95. The summed E-state index contributed by atoms with van der Waals surface area (Å²) in [4.78, 5) is 9.59. The number of anilines is 3. The summed E-state index contributed by atoms with van der Waals surface area (Å²) in [6.45, 7) is 0. The van der Waals surface area contributed by atoms with Crippen molar-refractivity contribution in [1.29, 1.82) is 0 Å². The molecule has 6 aromatic carbocycles. The number of fused-ring (bicyclic) bond motifs is 5. The Morgan fingerprint density at radius 1 is 0.526 bits per heavy atom. The Labute approximate surface area is 225 Å². The summed E-state index contributed by atoms with van der Waals surface area (Å²) in [5, 5.41) is 7.30. The molecule has 0 N–H and O–H groups in total. The van der Waals surface area contributed by atoms with Gasteiger partial charge >= 0.3 is 0 Å². The molecule has 178 valence electrons. The highest BCUT2D eigenvalue weighted by Crippen LogP contribution is 2.55. The summed E-state index contributed by atoms with van der Waals surface area (Å²) in [6, 6.07) is 43.8. The molecule has 0 aliphatic carbocycles. The predicted molar refractivity (Wildman–Crippen MR) is 161 cm³/mol. The summed E-state index contributed by atoms with van der Waals surface area (Å²) in [7, 11) is 0. The van der Waals surface area contributed by atoms with E-state index < -0.39 is 0 Å². The molecular weight excluding hydrogens is 480 g/mol. The van der Waals surface area contributed by atoms with Crippen molar-refractivity contribution in [3.8, 4) is 11.1 Å². The third kappa shape index (κ3) is 3.19. The zero-order chi connectivity index (χ0) is 25.1. The SMILES string of the molecule is c1ccc2c(c1)Sc1ccccc1N2c1c2ccccc2c(-c2ccc3ccccc3c2)c2ccncc12. The van der Waals surface area contributed by atoms with Gasteiger partial charge in [0.25, 0.3) is 0 Å². The number of benzene rings is 6. The van der Waals surface area contributed by atoms with Crippen LogP contribution in [0.15, 0.2) is 144 Å². The van der Waals surface area contributed by atoms with Gasteiger partial charge in [-0.1, -0.05) is 96.7 Å². The molecule has 0 saturated heterocycles. The number of nitrogens with zero attached hydrogens (tertiary/aromatic N) is 2. The van der Waals surface area contributed by atoms with Crippen LogP contribution in [0.1, 0.15) is 0 Å². The average molecular weight is 503 g/mol. The Bertz CT molecular complexity index is 1920. The lowest BCUT2D eigenvalue weighted by Crippen LogP contribution is -2.15. The monoisotopic (exact) mass is 502 g/mol. The molecule has 1 aliphatic heterocycles. The predicted octanol–water partition coefficient (Wildman–Crippen LogP) is 10.1. The molecule has 0 unspecified atom stereocenters. The zero-order valence-electron chi connectivity index (χ0n) is 20.5. The van der Waals surface area contributed by atoms with E-state index in [9.17, 15) is 0 Å². The van der Waals surface area contributed by atoms with Crippen molar-refractivity contribution in [2.45, 2.75) is 9.79 Å². The van der Waals surface area contributed by atoms with Crippen LogP contribution < -0.4 is 4.90 Å². The lowest BCUT2D eigenvalue weighted by molar-refractivity contribution is 1.18. The zero-order valence-corrected chi connectivity index (χ0v) is 21.3. The summed E-state index contributed by atoms with van der Waals surface area (Å²) < 4.78 is 0. The molecule has 0 amide bonds. The molecule has 0 saturated carbocycles. The molecule has 2 nitrogen and oxygen atoms in total. The number of rotatable bonds is 2. The smallest absolute Gasteiger partial charge is 0.0635 e. The second kappa shape index (κ2) is 8.47. The maximum atomic E-state index is 4.64. The van der Waals surface area contributed by atoms with Crippen LogP contribution in [0.25, 0.3) is 43.4 Å². The molecule has 0 bridgehead atoms. The van der Waals surface area contributed by atoms with Crippen molar-refractivity contribution in [3.05, 3.63) is 134 Å². The topological polar surface area (TPSA) is 16.1 Å². The third-order valence-corrected chi connectivity index (χ3v) is 8.62. The third-order valence-electron chi connectivity index (χ3n) is 7.49. The standard InChI is InChI=1S/C35H22N2S/c1-2-10-24-21-25(18-17-23(24)9-1)34-26-11-3-4-12-28(26)35(29-22-36-20-19-27(29)34)37-30-13-5-7-15-32(30)38-33-16-8-6-14-31(33)37/h1-22H. The fraction of sp³-hybridized carbons (Fsp3) is 0. The van der Waals surface area contributed by atoms with Gasteiger partial charge in [0, 0.05) is 33.0 Å². The molecule has 0 spiro atoms. The van der Waals surface area contributed by atoms with Gasteiger partial charge < -0.3 is 4.90 Å². The first-order chi connectivity index (χ1) is 18.9. The van der Waals surface area contributed by atoms with Gasteiger partial charge in [-0.2, -0.15) is 0 Å². The van der Waals surface area contributed by atoms with Crippen molar-refractivity contribution < 1.29 is 0 Å². The maximum absolute atomic E-state index is 4.64. The van der Waals surface area contributed by atoms with Crippen LogP contribution in [0, 0.1) is 0 Å².